The molecule has 10 heteroatoms. The fourth-order valence-corrected chi connectivity index (χ4v) is 4.00. The zero-order valence-corrected chi connectivity index (χ0v) is 15.9. The third-order valence-corrected chi connectivity index (χ3v) is 5.82. The minimum atomic E-state index is -4.19. The van der Waals surface area contributed by atoms with Crippen molar-refractivity contribution in [1.82, 2.24) is 20.5 Å². The van der Waals surface area contributed by atoms with Crippen LogP contribution in [0.3, 0.4) is 0 Å². The predicted molar refractivity (Wildman–Crippen MR) is 97.9 cm³/mol. The lowest BCUT2D eigenvalue weighted by Crippen LogP contribution is -2.34. The van der Waals surface area contributed by atoms with E-state index in [1.165, 1.54) is 0 Å². The highest BCUT2D eigenvalue weighted by Crippen LogP contribution is 2.39. The number of hydrogen-bond donors (Lipinski definition) is 2. The van der Waals surface area contributed by atoms with Crippen molar-refractivity contribution < 1.29 is 22.4 Å². The molecule has 156 valence electrons. The molecule has 7 nitrogen and oxygen atoms in total. The number of anilines is 1. The highest BCUT2D eigenvalue weighted by atomic mass is 19.4. The Balaban J connectivity index is 1.56. The summed E-state index contributed by atoms with van der Waals surface area (Å²) in [7, 11) is 0. The molecule has 1 aliphatic heterocycles. The zero-order chi connectivity index (χ0) is 20.6. The van der Waals surface area contributed by atoms with Crippen molar-refractivity contribution in [2.24, 2.45) is 5.92 Å². The quantitative estimate of drug-likeness (QED) is 0.804. The van der Waals surface area contributed by atoms with Gasteiger partial charge in [0.1, 0.15) is 11.2 Å². The molecule has 1 saturated heterocycles. The number of aromatic nitrogens is 3. The van der Waals surface area contributed by atoms with Crippen LogP contribution < -0.4 is 10.6 Å². The number of hydrogen-bond acceptors (Lipinski definition) is 6. The summed E-state index contributed by atoms with van der Waals surface area (Å²) in [6.07, 6.45) is -0.785. The van der Waals surface area contributed by atoms with E-state index in [1.54, 1.807) is 25.3 Å². The SMILES string of the molecule is CC1(c2nnc(-c3cccnc3NC3CCCC(C(F)(F)F)C3)o2)CCNC1=O. The Bertz CT molecular complexity index is 900. The lowest BCUT2D eigenvalue weighted by Gasteiger charge is -2.31. The molecule has 0 aromatic carbocycles. The third kappa shape index (κ3) is 3.79. The molecule has 2 aromatic heterocycles. The molecule has 2 fully saturated rings. The van der Waals surface area contributed by atoms with Crippen LogP contribution in [-0.2, 0) is 10.2 Å². The van der Waals surface area contributed by atoms with Crippen LogP contribution in [0.5, 0.6) is 0 Å². The highest BCUT2D eigenvalue weighted by molar-refractivity contribution is 5.88. The maximum atomic E-state index is 13.1. The minimum Gasteiger partial charge on any atom is -0.419 e. The van der Waals surface area contributed by atoms with E-state index >= 15 is 0 Å². The fraction of sp³-hybridized carbons (Fsp3) is 0.579. The van der Waals surface area contributed by atoms with Gasteiger partial charge in [-0.3, -0.25) is 4.79 Å². The standard InChI is InChI=1S/C19H22F3N5O2/c1-18(7-9-24-16(18)28)17-27-26-15(29-17)13-6-3-8-23-14(13)25-12-5-2-4-11(10-12)19(20,21)22/h3,6,8,11-12H,2,4-5,7,9-10H2,1H3,(H,23,25)(H,24,28). The predicted octanol–water partition coefficient (Wildman–Crippen LogP) is 3.44. The van der Waals surface area contributed by atoms with E-state index in [0.29, 0.717) is 37.2 Å². The van der Waals surface area contributed by atoms with Crippen LogP contribution in [-0.4, -0.2) is 39.9 Å². The Labute approximate surface area is 165 Å². The first-order chi connectivity index (χ1) is 13.8. The van der Waals surface area contributed by atoms with Crippen LogP contribution in [0.25, 0.3) is 11.5 Å². The van der Waals surface area contributed by atoms with Gasteiger partial charge in [-0.05, 0) is 44.7 Å². The summed E-state index contributed by atoms with van der Waals surface area (Å²) in [5.41, 5.74) is -0.382. The van der Waals surface area contributed by atoms with Gasteiger partial charge in [-0.25, -0.2) is 4.98 Å². The molecule has 4 rings (SSSR count). The van der Waals surface area contributed by atoms with Gasteiger partial charge >= 0.3 is 6.18 Å². The van der Waals surface area contributed by atoms with E-state index < -0.39 is 17.5 Å². The molecule has 2 N–H and O–H groups in total. The maximum absolute atomic E-state index is 13.1. The van der Waals surface area contributed by atoms with E-state index in [-0.39, 0.29) is 36.6 Å². The Morgan fingerprint density at radius 3 is 2.86 bits per heavy atom. The van der Waals surface area contributed by atoms with Gasteiger partial charge in [0.15, 0.2) is 0 Å². The molecule has 2 aliphatic rings. The Morgan fingerprint density at radius 2 is 2.14 bits per heavy atom. The van der Waals surface area contributed by atoms with Crippen LogP contribution in [0.2, 0.25) is 0 Å². The van der Waals surface area contributed by atoms with Gasteiger partial charge in [0.05, 0.1) is 11.5 Å². The Kier molecular flexibility index (Phi) is 4.95. The number of nitrogens with one attached hydrogen (secondary N) is 2. The van der Waals surface area contributed by atoms with E-state index in [1.807, 2.05) is 0 Å². The average Bonchev–Trinajstić information content (AvgIpc) is 3.30. The van der Waals surface area contributed by atoms with E-state index in [4.69, 9.17) is 4.42 Å². The fourth-order valence-electron chi connectivity index (χ4n) is 4.00. The summed E-state index contributed by atoms with van der Waals surface area (Å²) in [6, 6.07) is 3.06. The number of amides is 1. The second kappa shape index (κ2) is 7.31. The largest absolute Gasteiger partial charge is 0.419 e. The summed E-state index contributed by atoms with van der Waals surface area (Å²) in [5, 5.41) is 14.0. The van der Waals surface area contributed by atoms with E-state index in [0.717, 1.165) is 0 Å². The van der Waals surface area contributed by atoms with Gasteiger partial charge in [0.2, 0.25) is 11.8 Å². The van der Waals surface area contributed by atoms with Gasteiger partial charge < -0.3 is 15.1 Å². The van der Waals surface area contributed by atoms with Crippen molar-refractivity contribution >= 4 is 11.7 Å². The second-order valence-corrected chi connectivity index (χ2v) is 7.90. The van der Waals surface area contributed by atoms with Crippen LogP contribution in [0, 0.1) is 5.92 Å². The first kappa shape index (κ1) is 19.7. The van der Waals surface area contributed by atoms with Crippen LogP contribution in [0.4, 0.5) is 19.0 Å². The molecule has 1 aliphatic carbocycles. The molecule has 3 unspecified atom stereocenters. The molecule has 1 amide bonds. The number of alkyl halides is 3. The number of halogens is 3. The molecular formula is C19H22F3N5O2. The molecule has 29 heavy (non-hydrogen) atoms. The van der Waals surface area contributed by atoms with Gasteiger partial charge in [-0.15, -0.1) is 10.2 Å². The first-order valence-corrected chi connectivity index (χ1v) is 9.68. The number of pyridine rings is 1. The molecule has 3 heterocycles. The van der Waals surface area contributed by atoms with Crippen LogP contribution >= 0.6 is 0 Å². The first-order valence-electron chi connectivity index (χ1n) is 9.68. The molecular weight excluding hydrogens is 387 g/mol. The van der Waals surface area contributed by atoms with Crippen molar-refractivity contribution in [3.63, 3.8) is 0 Å². The van der Waals surface area contributed by atoms with Gasteiger partial charge in [0.25, 0.3) is 5.89 Å². The molecule has 0 bridgehead atoms. The Morgan fingerprint density at radius 1 is 1.31 bits per heavy atom. The Hall–Kier alpha value is -2.65. The highest BCUT2D eigenvalue weighted by Gasteiger charge is 2.45. The van der Waals surface area contributed by atoms with E-state index in [2.05, 4.69) is 25.8 Å². The number of carbonyl (C=O) groups is 1. The van der Waals surface area contributed by atoms with Crippen molar-refractivity contribution in [3.05, 3.63) is 24.2 Å². The summed E-state index contributed by atoms with van der Waals surface area (Å²) >= 11 is 0. The van der Waals surface area contributed by atoms with Crippen molar-refractivity contribution in [3.8, 4) is 11.5 Å². The van der Waals surface area contributed by atoms with Crippen LogP contribution in [0.1, 0.15) is 44.9 Å². The van der Waals surface area contributed by atoms with Crippen molar-refractivity contribution in [2.45, 2.75) is 56.7 Å². The second-order valence-electron chi connectivity index (χ2n) is 7.90. The lowest BCUT2D eigenvalue weighted by molar-refractivity contribution is -0.182. The monoisotopic (exact) mass is 409 g/mol. The van der Waals surface area contributed by atoms with E-state index in [9.17, 15) is 18.0 Å². The molecule has 0 spiro atoms. The maximum Gasteiger partial charge on any atom is 0.391 e. The van der Waals surface area contributed by atoms with Crippen molar-refractivity contribution in [1.29, 1.82) is 0 Å². The average molecular weight is 409 g/mol. The molecule has 3 atom stereocenters. The summed E-state index contributed by atoms with van der Waals surface area (Å²) in [4.78, 5) is 16.4. The summed E-state index contributed by atoms with van der Waals surface area (Å²) in [6.45, 7) is 2.28. The third-order valence-electron chi connectivity index (χ3n) is 5.82. The molecule has 0 radical (unpaired) electrons. The number of rotatable bonds is 4. The normalized spacial score (nSPS) is 27.7. The lowest BCUT2D eigenvalue weighted by atomic mass is 9.85. The van der Waals surface area contributed by atoms with Gasteiger partial charge in [-0.1, -0.05) is 6.42 Å². The molecule has 1 saturated carbocycles. The molecule has 2 aromatic rings. The van der Waals surface area contributed by atoms with Gasteiger partial charge in [0, 0.05) is 18.8 Å². The topological polar surface area (TPSA) is 92.9 Å². The van der Waals surface area contributed by atoms with Crippen molar-refractivity contribution in [2.75, 3.05) is 11.9 Å². The number of nitrogens with zero attached hydrogens (tertiary/aromatic N) is 3. The number of carbonyl (C=O) groups excluding carboxylic acids is 1. The smallest absolute Gasteiger partial charge is 0.391 e. The van der Waals surface area contributed by atoms with Crippen LogP contribution in [0.15, 0.2) is 22.7 Å². The summed E-state index contributed by atoms with van der Waals surface area (Å²) in [5.74, 6) is -0.683. The zero-order valence-electron chi connectivity index (χ0n) is 15.9. The summed E-state index contributed by atoms with van der Waals surface area (Å²) < 4.78 is 45.1. The van der Waals surface area contributed by atoms with Gasteiger partial charge in [-0.2, -0.15) is 13.2 Å². The minimum absolute atomic E-state index is 0.00679.